The molecule has 0 saturated carbocycles. The lowest BCUT2D eigenvalue weighted by Crippen LogP contribution is -2.24. The van der Waals surface area contributed by atoms with Gasteiger partial charge >= 0.3 is 0 Å². The molecule has 0 atom stereocenters. The number of aromatic nitrogens is 2. The molecule has 27 heavy (non-hydrogen) atoms. The predicted octanol–water partition coefficient (Wildman–Crippen LogP) is 2.56. The van der Waals surface area contributed by atoms with Crippen molar-refractivity contribution in [3.05, 3.63) is 54.5 Å². The number of carbonyl (C=O) groups excluding carboxylic acids is 2. The number of benzene rings is 1. The Morgan fingerprint density at radius 3 is 2.74 bits per heavy atom. The Bertz CT molecular complexity index is 868. The van der Waals surface area contributed by atoms with Crippen molar-refractivity contribution in [1.29, 1.82) is 0 Å². The molecule has 0 spiro atoms. The summed E-state index contributed by atoms with van der Waals surface area (Å²) >= 11 is 2.44. The number of hydrogen-bond acceptors (Lipinski definition) is 8. The average molecular weight is 404 g/mol. The van der Waals surface area contributed by atoms with Crippen LogP contribution in [0.15, 0.2) is 57.5 Å². The van der Waals surface area contributed by atoms with Gasteiger partial charge in [-0.05, 0) is 24.3 Å². The Morgan fingerprint density at radius 1 is 1.11 bits per heavy atom. The first-order valence-corrected chi connectivity index (χ1v) is 9.72. The molecule has 0 unspecified atom stereocenters. The van der Waals surface area contributed by atoms with Crippen molar-refractivity contribution in [3.63, 3.8) is 0 Å². The van der Waals surface area contributed by atoms with E-state index in [4.69, 9.17) is 9.15 Å². The van der Waals surface area contributed by atoms with Gasteiger partial charge in [-0.15, -0.1) is 10.2 Å². The van der Waals surface area contributed by atoms with Crippen LogP contribution >= 0.6 is 23.1 Å². The van der Waals surface area contributed by atoms with Gasteiger partial charge in [-0.2, -0.15) is 0 Å². The number of amides is 2. The molecule has 3 aromatic rings. The van der Waals surface area contributed by atoms with E-state index in [9.17, 15) is 9.59 Å². The minimum Gasteiger partial charge on any atom is -0.484 e. The van der Waals surface area contributed by atoms with Crippen molar-refractivity contribution >= 4 is 40.0 Å². The summed E-state index contributed by atoms with van der Waals surface area (Å²) < 4.78 is 11.1. The molecule has 10 heteroatoms. The third-order valence-electron chi connectivity index (χ3n) is 3.13. The monoisotopic (exact) mass is 404 g/mol. The van der Waals surface area contributed by atoms with Crippen LogP contribution in [0, 0.1) is 0 Å². The first-order chi connectivity index (χ1) is 13.2. The Labute approximate surface area is 163 Å². The first-order valence-electron chi connectivity index (χ1n) is 7.92. The topological polar surface area (TPSA) is 106 Å². The number of ether oxygens (including phenoxy) is 1. The smallest absolute Gasteiger partial charge is 0.264 e. The van der Waals surface area contributed by atoms with Crippen LogP contribution in [0.25, 0.3) is 0 Å². The summed E-state index contributed by atoms with van der Waals surface area (Å²) in [6.07, 6.45) is 1.55. The van der Waals surface area contributed by atoms with Gasteiger partial charge in [-0.25, -0.2) is 0 Å². The second-order valence-corrected chi connectivity index (χ2v) is 7.37. The van der Waals surface area contributed by atoms with E-state index in [-0.39, 0.29) is 24.2 Å². The van der Waals surface area contributed by atoms with Gasteiger partial charge < -0.3 is 14.5 Å². The molecule has 0 radical (unpaired) electrons. The van der Waals surface area contributed by atoms with Gasteiger partial charge in [0.15, 0.2) is 10.9 Å². The number of thioether (sulfide) groups is 1. The highest BCUT2D eigenvalue weighted by molar-refractivity contribution is 8.01. The van der Waals surface area contributed by atoms with Crippen molar-refractivity contribution in [2.24, 2.45) is 0 Å². The molecule has 8 nitrogen and oxygen atoms in total. The predicted molar refractivity (Wildman–Crippen MR) is 102 cm³/mol. The number of anilines is 1. The summed E-state index contributed by atoms with van der Waals surface area (Å²) in [5, 5.41) is 13.6. The maximum Gasteiger partial charge on any atom is 0.264 e. The quantitative estimate of drug-likeness (QED) is 0.417. The highest BCUT2D eigenvalue weighted by atomic mass is 32.2. The molecule has 0 aliphatic heterocycles. The molecule has 0 bridgehead atoms. The molecule has 140 valence electrons. The molecular weight excluding hydrogens is 388 g/mol. The fourth-order valence-corrected chi connectivity index (χ4v) is 3.51. The molecule has 3 rings (SSSR count). The number of hydrogen-bond donors (Lipinski definition) is 2. The molecule has 2 aromatic heterocycles. The largest absolute Gasteiger partial charge is 0.484 e. The van der Waals surface area contributed by atoms with Crippen molar-refractivity contribution in [2.75, 3.05) is 17.7 Å². The van der Waals surface area contributed by atoms with E-state index in [1.54, 1.807) is 30.5 Å². The summed E-state index contributed by atoms with van der Waals surface area (Å²) in [7, 11) is 0. The zero-order chi connectivity index (χ0) is 18.9. The third kappa shape index (κ3) is 6.42. The Kier molecular flexibility index (Phi) is 6.83. The number of nitrogens with one attached hydrogen (secondary N) is 2. The zero-order valence-corrected chi connectivity index (χ0v) is 15.7. The number of rotatable bonds is 9. The van der Waals surface area contributed by atoms with E-state index >= 15 is 0 Å². The van der Waals surface area contributed by atoms with Gasteiger partial charge in [0.1, 0.15) is 11.5 Å². The standard InChI is InChI=1S/C17H16N4O4S2/c22-14(10-25-12-5-2-1-3-6-12)19-16-20-21-17(27-16)26-11-15(23)18-9-13-7-4-8-24-13/h1-8H,9-11H2,(H,18,23)(H,19,20,22). The van der Waals surface area contributed by atoms with E-state index in [1.165, 1.54) is 23.1 Å². The normalized spacial score (nSPS) is 10.4. The lowest BCUT2D eigenvalue weighted by atomic mass is 10.3. The van der Waals surface area contributed by atoms with E-state index in [1.807, 2.05) is 18.2 Å². The maximum absolute atomic E-state index is 11.9. The second-order valence-electron chi connectivity index (χ2n) is 5.17. The van der Waals surface area contributed by atoms with Gasteiger partial charge in [-0.3, -0.25) is 14.9 Å². The average Bonchev–Trinajstić information content (AvgIpc) is 3.36. The summed E-state index contributed by atoms with van der Waals surface area (Å²) in [5.41, 5.74) is 0. The number of furan rings is 1. The number of carbonyl (C=O) groups is 2. The van der Waals surface area contributed by atoms with Crippen LogP contribution in [0.1, 0.15) is 5.76 Å². The number of para-hydroxylation sites is 1. The van der Waals surface area contributed by atoms with E-state index in [0.29, 0.717) is 27.5 Å². The van der Waals surface area contributed by atoms with Gasteiger partial charge in [0.2, 0.25) is 11.0 Å². The molecule has 0 aliphatic rings. The molecule has 0 aliphatic carbocycles. The Morgan fingerprint density at radius 2 is 1.96 bits per heavy atom. The molecule has 1 aromatic carbocycles. The minimum atomic E-state index is -0.331. The van der Waals surface area contributed by atoms with Crippen LogP contribution in [-0.2, 0) is 16.1 Å². The van der Waals surface area contributed by atoms with E-state index in [2.05, 4.69) is 20.8 Å². The summed E-state index contributed by atoms with van der Waals surface area (Å²) in [4.78, 5) is 23.7. The highest BCUT2D eigenvalue weighted by Gasteiger charge is 2.11. The van der Waals surface area contributed by atoms with Crippen LogP contribution in [0.4, 0.5) is 5.13 Å². The van der Waals surface area contributed by atoms with Crippen LogP contribution in [-0.4, -0.2) is 34.4 Å². The lowest BCUT2D eigenvalue weighted by molar-refractivity contribution is -0.119. The second kappa shape index (κ2) is 9.74. The summed E-state index contributed by atoms with van der Waals surface area (Å²) in [6.45, 7) is 0.215. The summed E-state index contributed by atoms with van der Waals surface area (Å²) in [6, 6.07) is 12.6. The van der Waals surface area contributed by atoms with Crippen molar-refractivity contribution in [1.82, 2.24) is 15.5 Å². The SMILES string of the molecule is O=C(CSc1nnc(NC(=O)COc2ccccc2)s1)NCc1ccco1. The van der Waals surface area contributed by atoms with Crippen molar-refractivity contribution in [2.45, 2.75) is 10.9 Å². The molecule has 0 fully saturated rings. The fourth-order valence-electron chi connectivity index (χ4n) is 1.92. The molecule has 0 saturated heterocycles. The van der Waals surface area contributed by atoms with Gasteiger partial charge in [-0.1, -0.05) is 41.3 Å². The van der Waals surface area contributed by atoms with Gasteiger partial charge in [0.05, 0.1) is 18.6 Å². The third-order valence-corrected chi connectivity index (χ3v) is 5.10. The van der Waals surface area contributed by atoms with E-state index in [0.717, 1.165) is 0 Å². The maximum atomic E-state index is 11.9. The molecular formula is C17H16N4O4S2. The van der Waals surface area contributed by atoms with Crippen molar-refractivity contribution in [3.8, 4) is 5.75 Å². The van der Waals surface area contributed by atoms with Crippen molar-refractivity contribution < 1.29 is 18.7 Å². The Balaban J connectivity index is 1.37. The molecule has 2 heterocycles. The fraction of sp³-hybridized carbons (Fsp3) is 0.176. The molecule has 2 amide bonds. The molecule has 2 N–H and O–H groups in total. The van der Waals surface area contributed by atoms with Crippen LogP contribution in [0.5, 0.6) is 5.75 Å². The van der Waals surface area contributed by atoms with Crippen LogP contribution in [0.3, 0.4) is 0 Å². The highest BCUT2D eigenvalue weighted by Crippen LogP contribution is 2.25. The number of nitrogens with zero attached hydrogens (tertiary/aromatic N) is 2. The van der Waals surface area contributed by atoms with Crippen LogP contribution < -0.4 is 15.4 Å². The van der Waals surface area contributed by atoms with E-state index < -0.39 is 0 Å². The summed E-state index contributed by atoms with van der Waals surface area (Å²) in [5.74, 6) is 1.02. The lowest BCUT2D eigenvalue weighted by Gasteiger charge is -2.04. The Hall–Kier alpha value is -2.85. The minimum absolute atomic E-state index is 0.124. The first kappa shape index (κ1) is 18.9. The van der Waals surface area contributed by atoms with Gasteiger partial charge in [0.25, 0.3) is 5.91 Å². The van der Waals surface area contributed by atoms with Crippen LogP contribution in [0.2, 0.25) is 0 Å². The van der Waals surface area contributed by atoms with Gasteiger partial charge in [0, 0.05) is 0 Å². The zero-order valence-electron chi connectivity index (χ0n) is 14.1.